The van der Waals surface area contributed by atoms with Gasteiger partial charge in [0.25, 0.3) is 0 Å². The molecule has 1 aromatic heterocycles. The molecule has 0 spiro atoms. The summed E-state index contributed by atoms with van der Waals surface area (Å²) in [6.07, 6.45) is 2.96. The molecule has 4 nitrogen and oxygen atoms in total. The van der Waals surface area contributed by atoms with E-state index < -0.39 is 0 Å². The fourth-order valence-corrected chi connectivity index (χ4v) is 3.71. The second kappa shape index (κ2) is 7.45. The predicted octanol–water partition coefficient (Wildman–Crippen LogP) is 5.80. The Hall–Kier alpha value is -2.17. The standard InChI is InChI=1S/C21H19Cl2NO3/c1-2-3-4-13-9-20(25)27-21-15(13)6-8-19-16(21)11-24(12-26-19)14-5-7-17(22)18(23)10-14/h5-10H,2-4,11-12H2,1H3. The molecule has 0 atom stereocenters. The highest BCUT2D eigenvalue weighted by Crippen LogP contribution is 2.36. The molecule has 4 rings (SSSR count). The molecule has 2 heterocycles. The number of hydrogen-bond donors (Lipinski definition) is 0. The monoisotopic (exact) mass is 403 g/mol. The number of nitrogens with zero attached hydrogens (tertiary/aromatic N) is 1. The van der Waals surface area contributed by atoms with Crippen LogP contribution in [0.2, 0.25) is 10.0 Å². The number of benzene rings is 2. The average molecular weight is 404 g/mol. The fraction of sp³-hybridized carbons (Fsp3) is 0.286. The SMILES string of the molecule is CCCCc1cc(=O)oc2c3c(ccc12)OCN(c1ccc(Cl)c(Cl)c1)C3. The Balaban J connectivity index is 1.78. The molecule has 0 aliphatic carbocycles. The van der Waals surface area contributed by atoms with Crippen molar-refractivity contribution in [3.05, 3.63) is 68.0 Å². The van der Waals surface area contributed by atoms with Crippen molar-refractivity contribution in [3.8, 4) is 5.75 Å². The highest BCUT2D eigenvalue weighted by Gasteiger charge is 2.23. The zero-order valence-electron chi connectivity index (χ0n) is 14.9. The van der Waals surface area contributed by atoms with Crippen molar-refractivity contribution in [2.45, 2.75) is 32.7 Å². The molecular formula is C21H19Cl2NO3. The van der Waals surface area contributed by atoms with Crippen molar-refractivity contribution < 1.29 is 9.15 Å². The molecule has 6 heteroatoms. The van der Waals surface area contributed by atoms with Crippen LogP contribution in [0.25, 0.3) is 11.0 Å². The lowest BCUT2D eigenvalue weighted by Crippen LogP contribution is -2.32. The summed E-state index contributed by atoms with van der Waals surface area (Å²) in [5, 5.41) is 1.98. The van der Waals surface area contributed by atoms with E-state index in [1.165, 1.54) is 0 Å². The Morgan fingerprint density at radius 2 is 1.96 bits per heavy atom. The van der Waals surface area contributed by atoms with E-state index in [0.29, 0.717) is 28.9 Å². The van der Waals surface area contributed by atoms with Gasteiger partial charge in [0.1, 0.15) is 11.3 Å². The summed E-state index contributed by atoms with van der Waals surface area (Å²) in [6.45, 7) is 3.08. The van der Waals surface area contributed by atoms with Crippen LogP contribution in [0.1, 0.15) is 30.9 Å². The van der Waals surface area contributed by atoms with Gasteiger partial charge in [-0.2, -0.15) is 0 Å². The van der Waals surface area contributed by atoms with E-state index >= 15 is 0 Å². The minimum atomic E-state index is -0.325. The smallest absolute Gasteiger partial charge is 0.336 e. The first-order valence-electron chi connectivity index (χ1n) is 8.98. The number of anilines is 1. The summed E-state index contributed by atoms with van der Waals surface area (Å²) in [7, 11) is 0. The number of rotatable bonds is 4. The van der Waals surface area contributed by atoms with E-state index in [9.17, 15) is 4.79 Å². The number of aryl methyl sites for hydroxylation is 1. The van der Waals surface area contributed by atoms with Crippen molar-refractivity contribution in [2.24, 2.45) is 0 Å². The fourth-order valence-electron chi connectivity index (χ4n) is 3.42. The number of hydrogen-bond acceptors (Lipinski definition) is 4. The van der Waals surface area contributed by atoms with Gasteiger partial charge in [-0.3, -0.25) is 0 Å². The third-order valence-electron chi connectivity index (χ3n) is 4.85. The van der Waals surface area contributed by atoms with Gasteiger partial charge in [-0.05, 0) is 48.7 Å². The Morgan fingerprint density at radius 1 is 1.11 bits per heavy atom. The van der Waals surface area contributed by atoms with Crippen LogP contribution in [0.4, 0.5) is 5.69 Å². The first kappa shape index (κ1) is 18.2. The van der Waals surface area contributed by atoms with Crippen LogP contribution in [-0.4, -0.2) is 6.73 Å². The molecule has 0 saturated heterocycles. The summed E-state index contributed by atoms with van der Waals surface area (Å²) in [5.74, 6) is 0.745. The van der Waals surface area contributed by atoms with Gasteiger partial charge < -0.3 is 14.1 Å². The van der Waals surface area contributed by atoms with Gasteiger partial charge in [-0.25, -0.2) is 4.79 Å². The second-order valence-corrected chi connectivity index (χ2v) is 7.50. The van der Waals surface area contributed by atoms with Crippen LogP contribution in [-0.2, 0) is 13.0 Å². The zero-order chi connectivity index (χ0) is 19.0. The third kappa shape index (κ3) is 3.52. The lowest BCUT2D eigenvalue weighted by Gasteiger charge is -2.31. The van der Waals surface area contributed by atoms with Gasteiger partial charge >= 0.3 is 5.63 Å². The molecule has 3 aromatic rings. The number of ether oxygens (including phenoxy) is 1. The summed E-state index contributed by atoms with van der Waals surface area (Å²) in [5.41, 5.74) is 3.08. The summed E-state index contributed by atoms with van der Waals surface area (Å²) >= 11 is 12.2. The van der Waals surface area contributed by atoms with Crippen LogP contribution in [0.5, 0.6) is 5.75 Å². The second-order valence-electron chi connectivity index (χ2n) is 6.68. The first-order valence-corrected chi connectivity index (χ1v) is 9.74. The summed E-state index contributed by atoms with van der Waals surface area (Å²) in [6, 6.07) is 11.0. The molecule has 140 valence electrons. The molecule has 1 aliphatic heterocycles. The van der Waals surface area contributed by atoms with Crippen LogP contribution in [0.3, 0.4) is 0 Å². The third-order valence-corrected chi connectivity index (χ3v) is 5.59. The van der Waals surface area contributed by atoms with Crippen molar-refractivity contribution in [1.82, 2.24) is 0 Å². The van der Waals surface area contributed by atoms with Crippen molar-refractivity contribution >= 4 is 39.9 Å². The predicted molar refractivity (Wildman–Crippen MR) is 109 cm³/mol. The molecule has 0 fully saturated rings. The molecule has 0 bridgehead atoms. The number of fused-ring (bicyclic) bond motifs is 3. The summed E-state index contributed by atoms with van der Waals surface area (Å²) in [4.78, 5) is 14.2. The topological polar surface area (TPSA) is 42.7 Å². The first-order chi connectivity index (χ1) is 13.1. The van der Waals surface area contributed by atoms with E-state index in [1.807, 2.05) is 29.2 Å². The molecular weight excluding hydrogens is 385 g/mol. The lowest BCUT2D eigenvalue weighted by molar-refractivity contribution is 0.289. The van der Waals surface area contributed by atoms with Crippen LogP contribution < -0.4 is 15.3 Å². The average Bonchev–Trinajstić information content (AvgIpc) is 2.67. The molecule has 2 aromatic carbocycles. The van der Waals surface area contributed by atoms with Crippen molar-refractivity contribution in [1.29, 1.82) is 0 Å². The molecule has 0 unspecified atom stereocenters. The van der Waals surface area contributed by atoms with Gasteiger partial charge in [0.2, 0.25) is 0 Å². The molecule has 0 saturated carbocycles. The number of halogens is 2. The maximum Gasteiger partial charge on any atom is 0.336 e. The van der Waals surface area contributed by atoms with Gasteiger partial charge in [0.05, 0.1) is 22.2 Å². The highest BCUT2D eigenvalue weighted by atomic mass is 35.5. The van der Waals surface area contributed by atoms with Crippen LogP contribution in [0.15, 0.2) is 45.6 Å². The van der Waals surface area contributed by atoms with Gasteiger partial charge in [-0.15, -0.1) is 0 Å². The Morgan fingerprint density at radius 3 is 2.74 bits per heavy atom. The largest absolute Gasteiger partial charge is 0.473 e. The van der Waals surface area contributed by atoms with Crippen LogP contribution in [0, 0.1) is 0 Å². The van der Waals surface area contributed by atoms with E-state index in [2.05, 4.69) is 6.92 Å². The van der Waals surface area contributed by atoms with E-state index in [4.69, 9.17) is 32.4 Å². The molecule has 1 aliphatic rings. The molecule has 0 amide bonds. The van der Waals surface area contributed by atoms with E-state index in [1.54, 1.807) is 12.1 Å². The van der Waals surface area contributed by atoms with Crippen molar-refractivity contribution in [2.75, 3.05) is 11.6 Å². The maximum absolute atomic E-state index is 12.1. The molecule has 27 heavy (non-hydrogen) atoms. The maximum atomic E-state index is 12.1. The lowest BCUT2D eigenvalue weighted by atomic mass is 10.0. The van der Waals surface area contributed by atoms with Crippen LogP contribution >= 0.6 is 23.2 Å². The number of unbranched alkanes of at least 4 members (excludes halogenated alkanes) is 1. The Bertz CT molecular complexity index is 1060. The van der Waals surface area contributed by atoms with E-state index in [-0.39, 0.29) is 5.63 Å². The normalized spacial score (nSPS) is 13.5. The minimum absolute atomic E-state index is 0.325. The Kier molecular flexibility index (Phi) is 5.02. The minimum Gasteiger partial charge on any atom is -0.473 e. The zero-order valence-corrected chi connectivity index (χ0v) is 16.4. The Labute approximate surface area is 167 Å². The van der Waals surface area contributed by atoms with Gasteiger partial charge in [-0.1, -0.05) is 36.5 Å². The molecule has 0 radical (unpaired) electrons. The summed E-state index contributed by atoms with van der Waals surface area (Å²) < 4.78 is 11.5. The van der Waals surface area contributed by atoms with Gasteiger partial charge in [0, 0.05) is 17.1 Å². The van der Waals surface area contributed by atoms with Crippen molar-refractivity contribution in [3.63, 3.8) is 0 Å². The molecule has 0 N–H and O–H groups in total. The van der Waals surface area contributed by atoms with Gasteiger partial charge in [0.15, 0.2) is 6.73 Å². The quantitative estimate of drug-likeness (QED) is 0.516. The van der Waals surface area contributed by atoms with E-state index in [0.717, 1.165) is 47.2 Å². The highest BCUT2D eigenvalue weighted by molar-refractivity contribution is 6.42.